The molecule has 8 heteroatoms. The zero-order valence-electron chi connectivity index (χ0n) is 18.1. The number of esters is 1. The molecule has 3 aromatic rings. The summed E-state index contributed by atoms with van der Waals surface area (Å²) in [6, 6.07) is 13.2. The van der Waals surface area contributed by atoms with E-state index < -0.39 is 17.8 Å². The Morgan fingerprint density at radius 1 is 1.27 bits per heavy atom. The number of halogens is 1. The van der Waals surface area contributed by atoms with Crippen LogP contribution in [0, 0.1) is 5.82 Å². The third kappa shape index (κ3) is 4.49. The molecule has 0 N–H and O–H groups in total. The summed E-state index contributed by atoms with van der Waals surface area (Å²) in [5, 5.41) is 0. The van der Waals surface area contributed by atoms with E-state index >= 15 is 0 Å². The first kappa shape index (κ1) is 22.9. The number of carbonyl (C=O) groups excluding carboxylic acids is 1. The van der Waals surface area contributed by atoms with Gasteiger partial charge in [-0.05, 0) is 43.0 Å². The quantitative estimate of drug-likeness (QED) is 0.306. The van der Waals surface area contributed by atoms with Crippen LogP contribution in [0.4, 0.5) is 4.39 Å². The maximum Gasteiger partial charge on any atom is 0.338 e. The molecule has 0 fully saturated rings. The lowest BCUT2D eigenvalue weighted by atomic mass is 9.96. The standard InChI is InChI=1S/C25H21FN2O3S2/c1-4-13-31-24(30)21-15(2)27-25-28(22(21)16-9-11-18(32-3)12-10-16)23(29)20(33-25)14-17-7-5-6-8-19(17)26/h4-12,14,22H,1,13H2,2-3H3. The van der Waals surface area contributed by atoms with Crippen LogP contribution >= 0.6 is 23.1 Å². The molecule has 2 aromatic carbocycles. The van der Waals surface area contributed by atoms with Crippen molar-refractivity contribution in [1.82, 2.24) is 4.57 Å². The van der Waals surface area contributed by atoms with Crippen LogP contribution in [0.3, 0.4) is 0 Å². The summed E-state index contributed by atoms with van der Waals surface area (Å²) in [6.45, 7) is 5.36. The molecule has 1 aromatic heterocycles. The molecule has 1 atom stereocenters. The molecule has 33 heavy (non-hydrogen) atoms. The van der Waals surface area contributed by atoms with E-state index in [0.717, 1.165) is 21.8 Å². The highest BCUT2D eigenvalue weighted by Gasteiger charge is 2.33. The van der Waals surface area contributed by atoms with E-state index in [1.54, 1.807) is 36.9 Å². The van der Waals surface area contributed by atoms with E-state index in [1.807, 2.05) is 30.5 Å². The SMILES string of the molecule is C=CCOC(=O)C1=C(C)N=c2sc(=Cc3ccccc3F)c(=O)n2C1c1ccc(SC)cc1. The van der Waals surface area contributed by atoms with Gasteiger partial charge in [-0.25, -0.2) is 14.2 Å². The number of carbonyl (C=O) groups is 1. The van der Waals surface area contributed by atoms with Gasteiger partial charge in [-0.3, -0.25) is 9.36 Å². The molecule has 0 amide bonds. The number of fused-ring (bicyclic) bond motifs is 1. The lowest BCUT2D eigenvalue weighted by Crippen LogP contribution is -2.40. The summed E-state index contributed by atoms with van der Waals surface area (Å²) in [4.78, 5) is 32.5. The molecule has 168 valence electrons. The van der Waals surface area contributed by atoms with Crippen LogP contribution in [-0.2, 0) is 9.53 Å². The molecule has 0 aliphatic carbocycles. The number of nitrogens with zero attached hydrogens (tertiary/aromatic N) is 2. The largest absolute Gasteiger partial charge is 0.458 e. The number of benzene rings is 2. The molecule has 0 saturated carbocycles. The minimum Gasteiger partial charge on any atom is -0.458 e. The van der Waals surface area contributed by atoms with E-state index in [-0.39, 0.29) is 12.2 Å². The summed E-state index contributed by atoms with van der Waals surface area (Å²) in [7, 11) is 0. The highest BCUT2D eigenvalue weighted by molar-refractivity contribution is 7.98. The van der Waals surface area contributed by atoms with Gasteiger partial charge < -0.3 is 4.74 Å². The summed E-state index contributed by atoms with van der Waals surface area (Å²) >= 11 is 2.76. The van der Waals surface area contributed by atoms with E-state index in [4.69, 9.17) is 4.74 Å². The highest BCUT2D eigenvalue weighted by Crippen LogP contribution is 2.31. The second-order valence-corrected chi connectivity index (χ2v) is 9.15. The number of ether oxygens (including phenoxy) is 1. The van der Waals surface area contributed by atoms with Crippen molar-refractivity contribution in [2.45, 2.75) is 17.9 Å². The molecule has 1 aliphatic rings. The minimum absolute atomic E-state index is 0.0471. The Morgan fingerprint density at radius 3 is 2.67 bits per heavy atom. The second kappa shape index (κ2) is 9.72. The summed E-state index contributed by atoms with van der Waals surface area (Å²) in [6.07, 6.45) is 4.98. The lowest BCUT2D eigenvalue weighted by molar-refractivity contribution is -0.138. The van der Waals surface area contributed by atoms with Gasteiger partial charge in [0.1, 0.15) is 12.4 Å². The molecule has 4 rings (SSSR count). The molecule has 5 nitrogen and oxygen atoms in total. The lowest BCUT2D eigenvalue weighted by Gasteiger charge is -2.24. The highest BCUT2D eigenvalue weighted by atomic mass is 32.2. The van der Waals surface area contributed by atoms with Gasteiger partial charge in [0.05, 0.1) is 21.8 Å². The summed E-state index contributed by atoms with van der Waals surface area (Å²) in [5.74, 6) is -0.976. The fraction of sp³-hybridized carbons (Fsp3) is 0.160. The Hall–Kier alpha value is -3.23. The third-order valence-corrected chi connectivity index (χ3v) is 6.92. The van der Waals surface area contributed by atoms with Gasteiger partial charge in [0.2, 0.25) is 0 Å². The zero-order chi connectivity index (χ0) is 23.5. The van der Waals surface area contributed by atoms with Gasteiger partial charge >= 0.3 is 5.97 Å². The maximum atomic E-state index is 14.2. The number of hydrogen-bond donors (Lipinski definition) is 0. The van der Waals surface area contributed by atoms with Gasteiger partial charge in [-0.1, -0.05) is 54.3 Å². The smallest absolute Gasteiger partial charge is 0.338 e. The number of thiazole rings is 1. The predicted molar refractivity (Wildman–Crippen MR) is 130 cm³/mol. The molecule has 0 radical (unpaired) electrons. The first-order chi connectivity index (χ1) is 15.9. The molecule has 0 bridgehead atoms. The Balaban J connectivity index is 1.94. The molecule has 2 heterocycles. The molecule has 1 aliphatic heterocycles. The van der Waals surface area contributed by atoms with Gasteiger partial charge in [0.25, 0.3) is 5.56 Å². The Bertz CT molecular complexity index is 1440. The van der Waals surface area contributed by atoms with Crippen LogP contribution in [0.25, 0.3) is 6.08 Å². The fourth-order valence-electron chi connectivity index (χ4n) is 3.63. The van der Waals surface area contributed by atoms with Gasteiger partial charge in [0.15, 0.2) is 4.80 Å². The van der Waals surface area contributed by atoms with Crippen molar-refractivity contribution in [2.24, 2.45) is 4.99 Å². The van der Waals surface area contributed by atoms with E-state index in [2.05, 4.69) is 11.6 Å². The molecule has 0 saturated heterocycles. The summed E-state index contributed by atoms with van der Waals surface area (Å²) in [5.41, 5.74) is 1.49. The first-order valence-corrected chi connectivity index (χ1v) is 12.2. The van der Waals surface area contributed by atoms with Gasteiger partial charge in [-0.2, -0.15) is 0 Å². The first-order valence-electron chi connectivity index (χ1n) is 10.1. The van der Waals surface area contributed by atoms with E-state index in [1.165, 1.54) is 22.8 Å². The van der Waals surface area contributed by atoms with Gasteiger partial charge in [0, 0.05) is 10.5 Å². The number of aromatic nitrogens is 1. The minimum atomic E-state index is -0.711. The van der Waals surface area contributed by atoms with E-state index in [9.17, 15) is 14.0 Å². The van der Waals surface area contributed by atoms with E-state index in [0.29, 0.717) is 26.2 Å². The van der Waals surface area contributed by atoms with Crippen LogP contribution in [-0.4, -0.2) is 23.4 Å². The number of rotatable bonds is 6. The van der Waals surface area contributed by atoms with Crippen LogP contribution in [0.1, 0.15) is 24.1 Å². The Kier molecular flexibility index (Phi) is 6.76. The van der Waals surface area contributed by atoms with Crippen molar-refractivity contribution in [3.8, 4) is 0 Å². The molecule has 1 unspecified atom stereocenters. The third-order valence-electron chi connectivity index (χ3n) is 5.20. The van der Waals surface area contributed by atoms with Crippen molar-refractivity contribution in [3.05, 3.63) is 109 Å². The zero-order valence-corrected chi connectivity index (χ0v) is 19.7. The average molecular weight is 481 g/mol. The van der Waals surface area contributed by atoms with Crippen LogP contribution < -0.4 is 14.9 Å². The molecular formula is C25H21FN2O3S2. The molecular weight excluding hydrogens is 459 g/mol. The normalized spacial score (nSPS) is 15.7. The fourth-order valence-corrected chi connectivity index (χ4v) is 5.08. The van der Waals surface area contributed by atoms with Crippen molar-refractivity contribution >= 4 is 35.1 Å². The number of hydrogen-bond acceptors (Lipinski definition) is 6. The topological polar surface area (TPSA) is 60.7 Å². The van der Waals surface area contributed by atoms with Gasteiger partial charge in [-0.15, -0.1) is 11.8 Å². The van der Waals surface area contributed by atoms with Crippen molar-refractivity contribution in [1.29, 1.82) is 0 Å². The van der Waals surface area contributed by atoms with Crippen molar-refractivity contribution in [3.63, 3.8) is 0 Å². The Morgan fingerprint density at radius 2 is 2.00 bits per heavy atom. The predicted octanol–water partition coefficient (Wildman–Crippen LogP) is 3.83. The second-order valence-electron chi connectivity index (χ2n) is 7.26. The maximum absolute atomic E-state index is 14.2. The Labute approximate surface area is 198 Å². The van der Waals surface area contributed by atoms with Crippen LogP contribution in [0.15, 0.2) is 87.1 Å². The summed E-state index contributed by atoms with van der Waals surface area (Å²) < 4.78 is 21.4. The van der Waals surface area contributed by atoms with Crippen LogP contribution in [0.2, 0.25) is 0 Å². The monoisotopic (exact) mass is 480 g/mol. The van der Waals surface area contributed by atoms with Crippen molar-refractivity contribution < 1.29 is 13.9 Å². The number of thioether (sulfide) groups is 1. The van der Waals surface area contributed by atoms with Crippen LogP contribution in [0.5, 0.6) is 0 Å². The average Bonchev–Trinajstić information content (AvgIpc) is 3.12. The van der Waals surface area contributed by atoms with Crippen molar-refractivity contribution in [2.75, 3.05) is 12.9 Å². The number of allylic oxidation sites excluding steroid dienone is 1. The molecule has 0 spiro atoms.